The van der Waals surface area contributed by atoms with Crippen molar-refractivity contribution >= 4 is 39.0 Å². The van der Waals surface area contributed by atoms with E-state index < -0.39 is 23.1 Å². The molecule has 1 heterocycles. The number of rotatable bonds is 5. The first-order valence-corrected chi connectivity index (χ1v) is 15.1. The summed E-state index contributed by atoms with van der Waals surface area (Å²) < 4.78 is 49.9. The van der Waals surface area contributed by atoms with E-state index in [1.165, 1.54) is 17.0 Å². The number of nitrogens with two attached hydrogens (primary N) is 1. The lowest BCUT2D eigenvalue weighted by Crippen LogP contribution is -2.42. The van der Waals surface area contributed by atoms with Gasteiger partial charge in [-0.1, -0.05) is 55.3 Å². The topological polar surface area (TPSA) is 79.3 Å². The fraction of sp³-hybridized carbons (Fsp3) is 0.294. The Morgan fingerprint density at radius 3 is 2.50 bits per heavy atom. The average Bonchev–Trinajstić information content (AvgIpc) is 2.93. The lowest BCUT2D eigenvalue weighted by atomic mass is 9.67. The molecule has 228 valence electrons. The van der Waals surface area contributed by atoms with Crippen LogP contribution in [0, 0.1) is 30.6 Å². The van der Waals surface area contributed by atoms with Crippen LogP contribution in [0.2, 0.25) is 5.02 Å². The minimum atomic E-state index is -4.77. The van der Waals surface area contributed by atoms with Crippen LogP contribution in [0.4, 0.5) is 18.9 Å². The Labute approximate surface area is 267 Å². The molecule has 1 aliphatic carbocycles. The molecular weight excluding hydrogens is 655 g/mol. The van der Waals surface area contributed by atoms with E-state index in [9.17, 15) is 23.2 Å². The largest absolute Gasteiger partial charge is 0.488 e. The molecule has 10 heteroatoms. The summed E-state index contributed by atoms with van der Waals surface area (Å²) in [4.78, 5) is 15.2. The molecule has 0 amide bonds. The van der Waals surface area contributed by atoms with Crippen molar-refractivity contribution in [2.24, 2.45) is 11.1 Å². The highest BCUT2D eigenvalue weighted by Crippen LogP contribution is 2.52. The van der Waals surface area contributed by atoms with Gasteiger partial charge in [0.2, 0.25) is 0 Å². The van der Waals surface area contributed by atoms with E-state index in [1.807, 2.05) is 64.1 Å². The molecule has 1 atom stereocenters. The summed E-state index contributed by atoms with van der Waals surface area (Å²) in [5.41, 5.74) is 8.66. The predicted octanol–water partition coefficient (Wildman–Crippen LogP) is 9.26. The summed E-state index contributed by atoms with van der Waals surface area (Å²) in [6.07, 6.45) is -4.33. The van der Waals surface area contributed by atoms with Crippen molar-refractivity contribution in [2.45, 2.75) is 59.2 Å². The van der Waals surface area contributed by atoms with E-state index >= 15 is 0 Å². The Morgan fingerprint density at radius 1 is 1.14 bits per heavy atom. The fourth-order valence-electron chi connectivity index (χ4n) is 6.16. The molecular formula is C34H30BrClF3N3O2. The quantitative estimate of drug-likeness (QED) is 0.290. The molecule has 44 heavy (non-hydrogen) atoms. The number of nitriles is 1. The van der Waals surface area contributed by atoms with Crippen LogP contribution in [0.3, 0.4) is 0 Å². The Hall–Kier alpha value is -3.74. The SMILES string of the molecule is Cc1cc(COc2ccccc2Br)c(C)c(C2C(C#N)=C(N)N(c3ccc(Cl)cc3C(F)(F)F)C3=C2C(=O)CC(C)(C)C3)c1. The zero-order valence-electron chi connectivity index (χ0n) is 24.6. The lowest BCUT2D eigenvalue weighted by molar-refractivity contribution is -0.137. The van der Waals surface area contributed by atoms with E-state index in [2.05, 4.69) is 22.0 Å². The predicted molar refractivity (Wildman–Crippen MR) is 168 cm³/mol. The van der Waals surface area contributed by atoms with Crippen molar-refractivity contribution in [1.82, 2.24) is 0 Å². The highest BCUT2D eigenvalue weighted by molar-refractivity contribution is 9.10. The van der Waals surface area contributed by atoms with Crippen LogP contribution in [-0.2, 0) is 17.6 Å². The number of para-hydroxylation sites is 1. The first-order valence-electron chi connectivity index (χ1n) is 13.9. The normalized spacial score (nSPS) is 18.3. The number of carbonyl (C=O) groups excluding carboxylic acids is 1. The number of anilines is 1. The molecule has 3 aromatic carbocycles. The van der Waals surface area contributed by atoms with Crippen molar-refractivity contribution in [3.05, 3.63) is 115 Å². The maximum atomic E-state index is 14.3. The number of hydrogen-bond acceptors (Lipinski definition) is 5. The lowest BCUT2D eigenvalue weighted by Gasteiger charge is -2.44. The molecule has 2 aliphatic rings. The van der Waals surface area contributed by atoms with Crippen LogP contribution < -0.4 is 15.4 Å². The number of alkyl halides is 3. The second kappa shape index (κ2) is 11.6. The number of nitrogens with zero attached hydrogens (tertiary/aromatic N) is 2. The van der Waals surface area contributed by atoms with Gasteiger partial charge < -0.3 is 10.5 Å². The number of ether oxygens (including phenoxy) is 1. The van der Waals surface area contributed by atoms with Gasteiger partial charge >= 0.3 is 6.18 Å². The molecule has 5 nitrogen and oxygen atoms in total. The van der Waals surface area contributed by atoms with Crippen LogP contribution in [0.15, 0.2) is 81.7 Å². The van der Waals surface area contributed by atoms with Gasteiger partial charge in [-0.2, -0.15) is 18.4 Å². The van der Waals surface area contributed by atoms with E-state index in [1.54, 1.807) is 0 Å². The van der Waals surface area contributed by atoms with Gasteiger partial charge in [0.15, 0.2) is 5.78 Å². The number of hydrogen-bond donors (Lipinski definition) is 1. The number of halogens is 5. The Kier molecular flexibility index (Phi) is 8.38. The third-order valence-corrected chi connectivity index (χ3v) is 9.01. The van der Waals surface area contributed by atoms with Crippen LogP contribution >= 0.6 is 27.5 Å². The minimum Gasteiger partial charge on any atom is -0.488 e. The third-order valence-electron chi connectivity index (χ3n) is 8.12. The molecule has 0 aromatic heterocycles. The monoisotopic (exact) mass is 683 g/mol. The van der Waals surface area contributed by atoms with Crippen molar-refractivity contribution in [3.8, 4) is 11.8 Å². The summed E-state index contributed by atoms with van der Waals surface area (Å²) in [6.45, 7) is 7.80. The van der Waals surface area contributed by atoms with Gasteiger partial charge in [0.05, 0.1) is 33.3 Å². The van der Waals surface area contributed by atoms with Gasteiger partial charge in [0, 0.05) is 22.7 Å². The van der Waals surface area contributed by atoms with Gasteiger partial charge in [-0.15, -0.1) is 0 Å². The van der Waals surface area contributed by atoms with E-state index in [0.717, 1.165) is 27.2 Å². The molecule has 0 fully saturated rings. The number of Topliss-reactive ketones (excluding diaryl/α,β-unsaturated/α-hetero) is 1. The summed E-state index contributed by atoms with van der Waals surface area (Å²) in [5, 5.41) is 10.4. The third kappa shape index (κ3) is 5.85. The Morgan fingerprint density at radius 2 is 1.84 bits per heavy atom. The highest BCUT2D eigenvalue weighted by atomic mass is 79.9. The van der Waals surface area contributed by atoms with E-state index in [0.29, 0.717) is 17.0 Å². The van der Waals surface area contributed by atoms with Gasteiger partial charge in [-0.25, -0.2) is 0 Å². The number of ketones is 1. The molecule has 3 aromatic rings. The van der Waals surface area contributed by atoms with Crippen molar-refractivity contribution in [1.29, 1.82) is 5.26 Å². The number of benzene rings is 3. The van der Waals surface area contributed by atoms with Gasteiger partial charge in [-0.3, -0.25) is 9.69 Å². The van der Waals surface area contributed by atoms with Gasteiger partial charge in [0.25, 0.3) is 0 Å². The molecule has 0 radical (unpaired) electrons. The van der Waals surface area contributed by atoms with Crippen LogP contribution in [0.25, 0.3) is 0 Å². The maximum Gasteiger partial charge on any atom is 0.418 e. The summed E-state index contributed by atoms with van der Waals surface area (Å²) >= 11 is 9.49. The smallest absolute Gasteiger partial charge is 0.418 e. The summed E-state index contributed by atoms with van der Waals surface area (Å²) in [7, 11) is 0. The molecule has 0 saturated carbocycles. The van der Waals surface area contributed by atoms with Crippen LogP contribution in [0.1, 0.15) is 60.4 Å². The highest BCUT2D eigenvalue weighted by Gasteiger charge is 2.47. The molecule has 0 saturated heterocycles. The summed E-state index contributed by atoms with van der Waals surface area (Å²) in [5.74, 6) is -0.593. The van der Waals surface area contributed by atoms with Crippen LogP contribution in [-0.4, -0.2) is 5.78 Å². The zero-order chi connectivity index (χ0) is 32.1. The van der Waals surface area contributed by atoms with Crippen molar-refractivity contribution < 1.29 is 22.7 Å². The Bertz CT molecular complexity index is 1790. The van der Waals surface area contributed by atoms with Crippen LogP contribution in [0.5, 0.6) is 5.75 Å². The number of carbonyl (C=O) groups is 1. The standard InChI is InChI=1S/C34H30BrClF3N3O2/c1-18-11-20(17-44-29-8-6-5-7-25(29)35)19(2)22(12-18)30-23(16-40)32(41)42(27-14-33(3,4)15-28(43)31(27)30)26-10-9-21(36)13-24(26)34(37,38)39/h5-13,30H,14-15,17,41H2,1-4H3. The van der Waals surface area contributed by atoms with E-state index in [-0.39, 0.29) is 52.9 Å². The minimum absolute atomic E-state index is 0.00579. The fourth-order valence-corrected chi connectivity index (χ4v) is 6.73. The number of allylic oxidation sites excluding steroid dienone is 3. The second-order valence-corrected chi connectivity index (χ2v) is 13.3. The molecule has 0 spiro atoms. The molecule has 1 aliphatic heterocycles. The number of aryl methyl sites for hydroxylation is 1. The van der Waals surface area contributed by atoms with Crippen molar-refractivity contribution in [2.75, 3.05) is 4.90 Å². The second-order valence-electron chi connectivity index (χ2n) is 12.0. The molecule has 1 unspecified atom stereocenters. The van der Waals surface area contributed by atoms with Crippen molar-refractivity contribution in [3.63, 3.8) is 0 Å². The maximum absolute atomic E-state index is 14.3. The molecule has 0 bridgehead atoms. The Balaban J connectivity index is 1.73. The average molecular weight is 685 g/mol. The molecule has 2 N–H and O–H groups in total. The zero-order valence-corrected chi connectivity index (χ0v) is 26.9. The molecule has 5 rings (SSSR count). The van der Waals surface area contributed by atoms with Gasteiger partial charge in [-0.05, 0) is 88.6 Å². The van der Waals surface area contributed by atoms with Gasteiger partial charge in [0.1, 0.15) is 18.2 Å². The summed E-state index contributed by atoms with van der Waals surface area (Å²) in [6, 6.07) is 16.9. The first kappa shape index (κ1) is 31.7. The first-order chi connectivity index (χ1) is 20.6. The van der Waals surface area contributed by atoms with E-state index in [4.69, 9.17) is 22.1 Å².